The van der Waals surface area contributed by atoms with Crippen LogP contribution in [0.3, 0.4) is 0 Å². The normalized spacial score (nSPS) is 26.1. The molecule has 1 aliphatic rings. The van der Waals surface area contributed by atoms with E-state index in [1.807, 2.05) is 19.2 Å². The van der Waals surface area contributed by atoms with Crippen molar-refractivity contribution in [3.05, 3.63) is 30.1 Å². The van der Waals surface area contributed by atoms with E-state index < -0.39 is 0 Å². The fourth-order valence-corrected chi connectivity index (χ4v) is 2.49. The molecule has 1 aromatic carbocycles. The average molecular weight is 252 g/mol. The minimum atomic E-state index is -0.189. The molecule has 0 bridgehead atoms. The molecular formula is C14H21FN2O. The van der Waals surface area contributed by atoms with Gasteiger partial charge >= 0.3 is 0 Å². The van der Waals surface area contributed by atoms with Crippen LogP contribution in [0.15, 0.2) is 24.3 Å². The van der Waals surface area contributed by atoms with Crippen molar-refractivity contribution in [3.8, 4) is 0 Å². The molecule has 1 aromatic rings. The monoisotopic (exact) mass is 252 g/mol. The number of benzene rings is 1. The van der Waals surface area contributed by atoms with E-state index in [0.717, 1.165) is 13.0 Å². The average Bonchev–Trinajstić information content (AvgIpc) is 2.51. The summed E-state index contributed by atoms with van der Waals surface area (Å²) in [6, 6.07) is 7.20. The highest BCUT2D eigenvalue weighted by molar-refractivity contribution is 5.49. The third-order valence-corrected chi connectivity index (χ3v) is 3.84. The van der Waals surface area contributed by atoms with E-state index in [1.165, 1.54) is 6.07 Å². The van der Waals surface area contributed by atoms with Crippen molar-refractivity contribution < 1.29 is 9.50 Å². The summed E-state index contributed by atoms with van der Waals surface area (Å²) in [7, 11) is 2.01. The summed E-state index contributed by atoms with van der Waals surface area (Å²) in [6.07, 6.45) is 0.974. The Hall–Kier alpha value is -1.13. The summed E-state index contributed by atoms with van der Waals surface area (Å²) in [5.74, 6) is -0.189. The summed E-state index contributed by atoms with van der Waals surface area (Å²) in [4.78, 5) is 4.22. The van der Waals surface area contributed by atoms with Gasteiger partial charge in [0.2, 0.25) is 0 Å². The zero-order valence-electron chi connectivity index (χ0n) is 11.0. The van der Waals surface area contributed by atoms with Gasteiger partial charge in [-0.25, -0.2) is 4.39 Å². The minimum Gasteiger partial charge on any atom is -0.395 e. The lowest BCUT2D eigenvalue weighted by Crippen LogP contribution is -2.43. The Morgan fingerprint density at radius 3 is 2.78 bits per heavy atom. The molecule has 1 saturated heterocycles. The fraction of sp³-hybridized carbons (Fsp3) is 0.571. The van der Waals surface area contributed by atoms with Crippen LogP contribution in [0.1, 0.15) is 13.3 Å². The second-order valence-electron chi connectivity index (χ2n) is 5.06. The van der Waals surface area contributed by atoms with Crippen LogP contribution < -0.4 is 4.90 Å². The quantitative estimate of drug-likeness (QED) is 0.868. The standard InChI is InChI=1S/C14H21FN2O/c1-11-7-8-16(2)12(10-18)9-17(11)14-6-4-3-5-13(14)15/h3-6,11-12,18H,7-10H2,1-2H3. The van der Waals surface area contributed by atoms with Gasteiger partial charge in [-0.2, -0.15) is 0 Å². The molecule has 0 radical (unpaired) electrons. The molecule has 2 unspecified atom stereocenters. The lowest BCUT2D eigenvalue weighted by Gasteiger charge is -2.32. The molecule has 0 amide bonds. The van der Waals surface area contributed by atoms with Crippen molar-refractivity contribution in [3.63, 3.8) is 0 Å². The maximum absolute atomic E-state index is 13.9. The molecule has 2 rings (SSSR count). The lowest BCUT2D eigenvalue weighted by atomic mass is 10.1. The highest BCUT2D eigenvalue weighted by Gasteiger charge is 2.27. The summed E-state index contributed by atoms with van der Waals surface area (Å²) in [5.41, 5.74) is 0.638. The Labute approximate surface area is 108 Å². The van der Waals surface area contributed by atoms with E-state index in [-0.39, 0.29) is 24.5 Å². The molecule has 1 N–H and O–H groups in total. The third-order valence-electron chi connectivity index (χ3n) is 3.84. The zero-order chi connectivity index (χ0) is 13.1. The largest absolute Gasteiger partial charge is 0.395 e. The summed E-state index contributed by atoms with van der Waals surface area (Å²) >= 11 is 0. The number of para-hydroxylation sites is 1. The van der Waals surface area contributed by atoms with Crippen molar-refractivity contribution >= 4 is 5.69 Å². The lowest BCUT2D eigenvalue weighted by molar-refractivity contribution is 0.158. The van der Waals surface area contributed by atoms with Crippen LogP contribution in [0.4, 0.5) is 10.1 Å². The van der Waals surface area contributed by atoms with Gasteiger partial charge < -0.3 is 10.0 Å². The second kappa shape index (κ2) is 5.67. The number of aliphatic hydroxyl groups is 1. The Morgan fingerprint density at radius 2 is 2.11 bits per heavy atom. The van der Waals surface area contributed by atoms with Gasteiger partial charge in [0.1, 0.15) is 5.82 Å². The van der Waals surface area contributed by atoms with Gasteiger partial charge in [-0.3, -0.25) is 4.90 Å². The summed E-state index contributed by atoms with van der Waals surface area (Å²) < 4.78 is 13.9. The molecule has 1 fully saturated rings. The highest BCUT2D eigenvalue weighted by atomic mass is 19.1. The van der Waals surface area contributed by atoms with Crippen LogP contribution in [0, 0.1) is 5.82 Å². The summed E-state index contributed by atoms with van der Waals surface area (Å²) in [5, 5.41) is 9.44. The highest BCUT2D eigenvalue weighted by Crippen LogP contribution is 2.25. The number of hydrogen-bond donors (Lipinski definition) is 1. The molecule has 0 spiro atoms. The smallest absolute Gasteiger partial charge is 0.146 e. The number of hydrogen-bond acceptors (Lipinski definition) is 3. The maximum Gasteiger partial charge on any atom is 0.146 e. The van der Waals surface area contributed by atoms with E-state index in [4.69, 9.17) is 0 Å². The Bertz CT molecular complexity index is 399. The Balaban J connectivity index is 2.27. The van der Waals surface area contributed by atoms with Crippen molar-refractivity contribution in [2.45, 2.75) is 25.4 Å². The molecular weight excluding hydrogens is 231 g/mol. The van der Waals surface area contributed by atoms with E-state index in [0.29, 0.717) is 12.2 Å². The van der Waals surface area contributed by atoms with Crippen LogP contribution in [0.5, 0.6) is 0 Å². The first kappa shape index (κ1) is 13.3. The topological polar surface area (TPSA) is 26.7 Å². The van der Waals surface area contributed by atoms with Gasteiger partial charge in [-0.1, -0.05) is 12.1 Å². The molecule has 4 heteroatoms. The first-order valence-electron chi connectivity index (χ1n) is 6.45. The van der Waals surface area contributed by atoms with E-state index in [1.54, 1.807) is 6.07 Å². The van der Waals surface area contributed by atoms with E-state index in [2.05, 4.69) is 16.7 Å². The predicted molar refractivity (Wildman–Crippen MR) is 71.3 cm³/mol. The first-order chi connectivity index (χ1) is 8.63. The minimum absolute atomic E-state index is 0.0644. The number of halogens is 1. The van der Waals surface area contributed by atoms with Crippen molar-refractivity contribution in [2.24, 2.45) is 0 Å². The molecule has 1 aliphatic heterocycles. The van der Waals surface area contributed by atoms with Gasteiger partial charge in [0.25, 0.3) is 0 Å². The van der Waals surface area contributed by atoms with E-state index >= 15 is 0 Å². The molecule has 100 valence electrons. The molecule has 18 heavy (non-hydrogen) atoms. The number of likely N-dealkylation sites (N-methyl/N-ethyl adjacent to an activating group) is 1. The first-order valence-corrected chi connectivity index (χ1v) is 6.45. The maximum atomic E-state index is 13.9. The van der Waals surface area contributed by atoms with Crippen LogP contribution in [0.2, 0.25) is 0 Å². The number of rotatable bonds is 2. The number of nitrogens with zero attached hydrogens (tertiary/aromatic N) is 2. The molecule has 0 aliphatic carbocycles. The van der Waals surface area contributed by atoms with Gasteiger partial charge in [0.15, 0.2) is 0 Å². The molecule has 0 saturated carbocycles. The zero-order valence-corrected chi connectivity index (χ0v) is 11.0. The van der Waals surface area contributed by atoms with Crippen molar-refractivity contribution in [1.82, 2.24) is 4.90 Å². The van der Waals surface area contributed by atoms with Gasteiger partial charge in [0, 0.05) is 25.2 Å². The van der Waals surface area contributed by atoms with Crippen molar-refractivity contribution in [1.29, 1.82) is 0 Å². The molecule has 1 heterocycles. The number of aliphatic hydroxyl groups excluding tert-OH is 1. The van der Waals surface area contributed by atoms with Crippen LogP contribution >= 0.6 is 0 Å². The van der Waals surface area contributed by atoms with Gasteiger partial charge in [0.05, 0.1) is 12.3 Å². The van der Waals surface area contributed by atoms with Gasteiger partial charge in [-0.05, 0) is 32.5 Å². The molecule has 0 aromatic heterocycles. The Morgan fingerprint density at radius 1 is 1.39 bits per heavy atom. The van der Waals surface area contributed by atoms with Crippen LogP contribution in [-0.2, 0) is 0 Å². The van der Waals surface area contributed by atoms with Crippen molar-refractivity contribution in [2.75, 3.05) is 31.6 Å². The van der Waals surface area contributed by atoms with Crippen LogP contribution in [0.25, 0.3) is 0 Å². The third kappa shape index (κ3) is 2.65. The SMILES string of the molecule is CC1CCN(C)C(CO)CN1c1ccccc1F. The van der Waals surface area contributed by atoms with E-state index in [9.17, 15) is 9.50 Å². The molecule has 2 atom stereocenters. The number of anilines is 1. The summed E-state index contributed by atoms with van der Waals surface area (Å²) in [6.45, 7) is 3.81. The van der Waals surface area contributed by atoms with Crippen LogP contribution in [-0.4, -0.2) is 48.8 Å². The Kier molecular flexibility index (Phi) is 4.19. The second-order valence-corrected chi connectivity index (χ2v) is 5.06. The van der Waals surface area contributed by atoms with Gasteiger partial charge in [-0.15, -0.1) is 0 Å². The predicted octanol–water partition coefficient (Wildman–Crippen LogP) is 1.72. The fourth-order valence-electron chi connectivity index (χ4n) is 2.49. The molecule has 3 nitrogen and oxygen atoms in total.